The first-order valence-corrected chi connectivity index (χ1v) is 8.11. The van der Waals surface area contributed by atoms with Crippen molar-refractivity contribution >= 4 is 17.4 Å². The Bertz CT molecular complexity index is 781. The zero-order valence-corrected chi connectivity index (χ0v) is 14.0. The maximum Gasteiger partial charge on any atom is 0.290 e. The number of hydrogen-bond donors (Lipinski definition) is 0. The van der Waals surface area contributed by atoms with Gasteiger partial charge in [-0.1, -0.05) is 0 Å². The second-order valence-corrected chi connectivity index (χ2v) is 5.95. The van der Waals surface area contributed by atoms with Crippen LogP contribution < -0.4 is 4.90 Å². The van der Waals surface area contributed by atoms with Gasteiger partial charge in [0.05, 0.1) is 4.92 Å². The molecule has 2 aromatic heterocycles. The van der Waals surface area contributed by atoms with Gasteiger partial charge in [-0.2, -0.15) is 0 Å². The molecule has 0 bridgehead atoms. The molecule has 1 fully saturated rings. The number of aromatic nitrogens is 2. The zero-order valence-electron chi connectivity index (χ0n) is 14.0. The average Bonchev–Trinajstić information content (AvgIpc) is 2.87. The van der Waals surface area contributed by atoms with Crippen molar-refractivity contribution in [3.8, 4) is 0 Å². The molecule has 2 aromatic rings. The van der Waals surface area contributed by atoms with Crippen molar-refractivity contribution in [2.45, 2.75) is 13.3 Å². The monoisotopic (exact) mass is 341 g/mol. The van der Waals surface area contributed by atoms with Crippen LogP contribution in [0.25, 0.3) is 0 Å². The number of nitro groups is 1. The summed E-state index contributed by atoms with van der Waals surface area (Å²) >= 11 is 0. The summed E-state index contributed by atoms with van der Waals surface area (Å²) in [5.74, 6) is 0.707. The number of rotatable bonds is 3. The van der Waals surface area contributed by atoms with E-state index in [4.69, 9.17) is 0 Å². The fourth-order valence-electron chi connectivity index (χ4n) is 2.92. The Kier molecular flexibility index (Phi) is 4.87. The second kappa shape index (κ2) is 7.25. The molecule has 0 atom stereocenters. The van der Waals surface area contributed by atoms with E-state index in [1.54, 1.807) is 37.5 Å². The number of anilines is 1. The van der Waals surface area contributed by atoms with Crippen LogP contribution in [-0.2, 0) is 0 Å². The van der Waals surface area contributed by atoms with E-state index < -0.39 is 4.92 Å². The van der Waals surface area contributed by atoms with Crippen molar-refractivity contribution in [3.05, 3.63) is 58.0 Å². The molecule has 0 aromatic carbocycles. The summed E-state index contributed by atoms with van der Waals surface area (Å²) in [4.78, 5) is 35.1. The molecule has 0 N–H and O–H groups in total. The molecule has 3 heterocycles. The molecule has 0 spiro atoms. The summed E-state index contributed by atoms with van der Waals surface area (Å²) in [6, 6.07) is 5.16. The van der Waals surface area contributed by atoms with Crippen LogP contribution >= 0.6 is 0 Å². The van der Waals surface area contributed by atoms with E-state index >= 15 is 0 Å². The van der Waals surface area contributed by atoms with Gasteiger partial charge in [-0.25, -0.2) is 4.98 Å². The van der Waals surface area contributed by atoms with E-state index in [1.165, 1.54) is 6.20 Å². The van der Waals surface area contributed by atoms with Crippen LogP contribution in [0.1, 0.15) is 22.3 Å². The minimum Gasteiger partial charge on any atom is -0.355 e. The van der Waals surface area contributed by atoms with Crippen molar-refractivity contribution in [2.75, 3.05) is 31.1 Å². The molecule has 1 aliphatic heterocycles. The third-order valence-electron chi connectivity index (χ3n) is 4.30. The van der Waals surface area contributed by atoms with Crippen LogP contribution in [0.15, 0.2) is 36.8 Å². The van der Waals surface area contributed by atoms with E-state index in [-0.39, 0.29) is 11.6 Å². The highest BCUT2D eigenvalue weighted by Crippen LogP contribution is 2.22. The van der Waals surface area contributed by atoms with Crippen LogP contribution in [0, 0.1) is 17.0 Å². The molecule has 0 aliphatic carbocycles. The van der Waals surface area contributed by atoms with Crippen LogP contribution in [0.3, 0.4) is 0 Å². The van der Waals surface area contributed by atoms with Gasteiger partial charge in [0.15, 0.2) is 0 Å². The minimum absolute atomic E-state index is 0.00270. The number of aryl methyl sites for hydroxylation is 1. The molecule has 0 unspecified atom stereocenters. The molecule has 130 valence electrons. The highest BCUT2D eigenvalue weighted by atomic mass is 16.6. The first-order chi connectivity index (χ1) is 12.1. The maximum atomic E-state index is 12.6. The standard InChI is InChI=1S/C17H19N5O3/c1-13-11-16(19-12-15(13)22(24)25)20-7-2-8-21(10-9-20)17(23)14-3-5-18-6-4-14/h3-6,11-12H,2,7-10H2,1H3. The lowest BCUT2D eigenvalue weighted by molar-refractivity contribution is -0.385. The quantitative estimate of drug-likeness (QED) is 0.626. The van der Waals surface area contributed by atoms with Gasteiger partial charge >= 0.3 is 0 Å². The van der Waals surface area contributed by atoms with Gasteiger partial charge in [0, 0.05) is 49.7 Å². The van der Waals surface area contributed by atoms with E-state index in [2.05, 4.69) is 14.9 Å². The number of amides is 1. The summed E-state index contributed by atoms with van der Waals surface area (Å²) < 4.78 is 0. The number of pyridine rings is 2. The largest absolute Gasteiger partial charge is 0.355 e. The molecule has 0 saturated carbocycles. The molecule has 3 rings (SSSR count). The molecule has 8 heteroatoms. The molecule has 8 nitrogen and oxygen atoms in total. The Labute approximate surface area is 145 Å². The summed E-state index contributed by atoms with van der Waals surface area (Å²) in [7, 11) is 0. The van der Waals surface area contributed by atoms with Crippen molar-refractivity contribution in [1.82, 2.24) is 14.9 Å². The lowest BCUT2D eigenvalue weighted by Crippen LogP contribution is -2.35. The van der Waals surface area contributed by atoms with Crippen LogP contribution in [0.5, 0.6) is 0 Å². The number of hydrogen-bond acceptors (Lipinski definition) is 6. The molecule has 1 amide bonds. The van der Waals surface area contributed by atoms with Crippen molar-refractivity contribution in [3.63, 3.8) is 0 Å². The number of carbonyl (C=O) groups is 1. The van der Waals surface area contributed by atoms with Crippen LogP contribution in [0.4, 0.5) is 11.5 Å². The van der Waals surface area contributed by atoms with Crippen LogP contribution in [-0.4, -0.2) is 51.9 Å². The van der Waals surface area contributed by atoms with Gasteiger partial charge in [-0.05, 0) is 31.5 Å². The first kappa shape index (κ1) is 16.8. The summed E-state index contributed by atoms with van der Waals surface area (Å²) in [5, 5.41) is 10.9. The van der Waals surface area contributed by atoms with Crippen molar-refractivity contribution in [2.24, 2.45) is 0 Å². The Morgan fingerprint density at radius 2 is 1.96 bits per heavy atom. The highest BCUT2D eigenvalue weighted by molar-refractivity contribution is 5.94. The lowest BCUT2D eigenvalue weighted by atomic mass is 10.2. The number of nitrogens with zero attached hydrogens (tertiary/aromatic N) is 5. The van der Waals surface area contributed by atoms with Gasteiger partial charge in [0.1, 0.15) is 12.0 Å². The molecule has 1 saturated heterocycles. The summed E-state index contributed by atoms with van der Waals surface area (Å²) in [5.41, 5.74) is 1.24. The third-order valence-corrected chi connectivity index (χ3v) is 4.30. The fraction of sp³-hybridized carbons (Fsp3) is 0.353. The minimum atomic E-state index is -0.427. The normalized spacial score (nSPS) is 14.9. The predicted molar refractivity (Wildman–Crippen MR) is 92.6 cm³/mol. The van der Waals surface area contributed by atoms with Crippen LogP contribution in [0.2, 0.25) is 0 Å². The molecular formula is C17H19N5O3. The van der Waals surface area contributed by atoms with E-state index in [0.717, 1.165) is 13.0 Å². The second-order valence-electron chi connectivity index (χ2n) is 5.95. The molecule has 0 radical (unpaired) electrons. The zero-order chi connectivity index (χ0) is 17.8. The average molecular weight is 341 g/mol. The summed E-state index contributed by atoms with van der Waals surface area (Å²) in [6.45, 7) is 4.36. The van der Waals surface area contributed by atoms with Crippen molar-refractivity contribution < 1.29 is 9.72 Å². The van der Waals surface area contributed by atoms with E-state index in [0.29, 0.717) is 36.6 Å². The predicted octanol–water partition coefficient (Wildman–Crippen LogP) is 2.05. The fourth-order valence-corrected chi connectivity index (χ4v) is 2.92. The first-order valence-electron chi connectivity index (χ1n) is 8.11. The molecule has 25 heavy (non-hydrogen) atoms. The van der Waals surface area contributed by atoms with Gasteiger partial charge in [0.2, 0.25) is 0 Å². The summed E-state index contributed by atoms with van der Waals surface area (Å²) in [6.07, 6.45) is 5.34. The van der Waals surface area contributed by atoms with Gasteiger partial charge in [0.25, 0.3) is 11.6 Å². The SMILES string of the molecule is Cc1cc(N2CCCN(C(=O)c3ccncc3)CC2)ncc1[N+](=O)[O-]. The Balaban J connectivity index is 1.70. The topological polar surface area (TPSA) is 92.5 Å². The van der Waals surface area contributed by atoms with E-state index in [1.807, 2.05) is 4.90 Å². The van der Waals surface area contributed by atoms with Crippen molar-refractivity contribution in [1.29, 1.82) is 0 Å². The Morgan fingerprint density at radius 3 is 2.64 bits per heavy atom. The third kappa shape index (κ3) is 3.73. The maximum absolute atomic E-state index is 12.6. The lowest BCUT2D eigenvalue weighted by Gasteiger charge is -2.23. The van der Waals surface area contributed by atoms with Gasteiger partial charge in [-0.3, -0.25) is 19.9 Å². The van der Waals surface area contributed by atoms with Gasteiger partial charge in [-0.15, -0.1) is 0 Å². The molecular weight excluding hydrogens is 322 g/mol. The van der Waals surface area contributed by atoms with E-state index in [9.17, 15) is 14.9 Å². The molecule has 1 aliphatic rings. The smallest absolute Gasteiger partial charge is 0.290 e. The number of carbonyl (C=O) groups excluding carboxylic acids is 1. The Morgan fingerprint density at radius 1 is 1.20 bits per heavy atom. The highest BCUT2D eigenvalue weighted by Gasteiger charge is 2.22. The Hall–Kier alpha value is -3.03. The van der Waals surface area contributed by atoms with Gasteiger partial charge < -0.3 is 9.80 Å².